The van der Waals surface area contributed by atoms with Crippen LogP contribution in [0.3, 0.4) is 0 Å². The van der Waals surface area contributed by atoms with Gasteiger partial charge in [-0.25, -0.2) is 29.0 Å². The average Bonchev–Trinajstić information content (AvgIpc) is 1.51. The molecule has 1 aromatic carbocycles. The molecule has 0 saturated carbocycles. The van der Waals surface area contributed by atoms with Crippen LogP contribution in [-0.2, 0) is 109 Å². The van der Waals surface area contributed by atoms with Crippen LogP contribution in [0.5, 0.6) is 0 Å². The van der Waals surface area contributed by atoms with E-state index in [1.54, 1.807) is 13.0 Å². The molecule has 42 heteroatoms. The van der Waals surface area contributed by atoms with Crippen LogP contribution in [0.15, 0.2) is 41.2 Å². The number of ether oxygens (including phenoxy) is 14. The molecule has 0 bridgehead atoms. The molecule has 2 aromatic heterocycles. The number of nitrogens with zero attached hydrogens (tertiary/aromatic N) is 2. The standard InChI is InChI=1S/C68H97N9O33/c1-2-68(39-29-41-48-36(28-35-6-3-4-8-40(35)75-48)30-77(41)58(91)38(39)34-103-62(68)92)110-66(96)74-16-12-47(84)76-67(13-9-37(81)7-5-19-97-22-25-100-59-52(88)55(107-63(69)93)49(85)42(31-78)104-59,14-10-45(82)72-17-20-98-23-26-101-60-53(89)56(108-64(70)94)50(86)43(32-79)105-60)15-11-46(83)73-18-21-99-24-27-102-61-54(90)57(109-65(71)95)51(87)44(33-80)106-61/h3-4,6,8,28-29,42-44,49-57,59-61,78-80,85-90H,2,5,7,9-27,30-34H2,1H3,(H2,69,93)(H2,70,94)(H2,71,95)(H,72,82)(H,73,83)(H,74,96)(H,76,84)/t42-,43-,44-,49-,50-,51-,52+,53+,54+,55+,56+,57+,59+,60+,61+,68+/m1/s1. The number of carbonyl (C=O) groups excluding carboxylic acids is 9. The van der Waals surface area contributed by atoms with Crippen molar-refractivity contribution in [1.82, 2.24) is 30.8 Å². The fourth-order valence-corrected chi connectivity index (χ4v) is 13.1. The maximum absolute atomic E-state index is 14.4. The zero-order valence-corrected chi connectivity index (χ0v) is 60.2. The Labute approximate surface area is 627 Å². The first-order chi connectivity index (χ1) is 52.7. The Balaban J connectivity index is 0.919. The number of Topliss-reactive ketones (excluding diaryl/α,β-unsaturated/α-hetero) is 1. The monoisotopic (exact) mass is 1570 g/mol. The lowest BCUT2D eigenvalue weighted by Gasteiger charge is -2.40. The molecule has 19 N–H and O–H groups in total. The number of aliphatic hydroxyl groups is 9. The number of cyclic esters (lactones) is 1. The van der Waals surface area contributed by atoms with Crippen molar-refractivity contribution in [3.8, 4) is 11.4 Å². The number of rotatable bonds is 43. The first-order valence-corrected chi connectivity index (χ1v) is 35.7. The number of esters is 1. The van der Waals surface area contributed by atoms with Gasteiger partial charge in [0.25, 0.3) is 5.56 Å². The van der Waals surface area contributed by atoms with E-state index in [1.807, 2.05) is 30.3 Å². The van der Waals surface area contributed by atoms with E-state index in [9.17, 15) is 93.9 Å². The summed E-state index contributed by atoms with van der Waals surface area (Å²) in [7, 11) is 0. The molecule has 7 amide bonds. The predicted octanol–water partition coefficient (Wildman–Crippen LogP) is -5.21. The smallest absolute Gasteiger partial charge is 0.408 e. The van der Waals surface area contributed by atoms with Crippen molar-refractivity contribution in [2.75, 3.05) is 98.9 Å². The van der Waals surface area contributed by atoms with Gasteiger partial charge in [0.15, 0.2) is 37.2 Å². The van der Waals surface area contributed by atoms with Crippen LogP contribution in [0.4, 0.5) is 19.2 Å². The van der Waals surface area contributed by atoms with E-state index in [0.29, 0.717) is 16.9 Å². The Morgan fingerprint density at radius 2 is 1.06 bits per heavy atom. The topological polar surface area (TPSA) is 626 Å². The molecule has 0 radical (unpaired) electrons. The van der Waals surface area contributed by atoms with E-state index in [0.717, 1.165) is 10.9 Å². The molecular weight excluding hydrogens is 1470 g/mol. The second kappa shape index (κ2) is 41.7. The zero-order chi connectivity index (χ0) is 79.8. The number of aromatic nitrogens is 2. The molecule has 3 fully saturated rings. The fraction of sp³-hybridized carbons (Fsp3) is 0.662. The number of aliphatic hydroxyl groups excluding tert-OH is 9. The molecule has 0 aliphatic carbocycles. The molecule has 5 aliphatic heterocycles. The summed E-state index contributed by atoms with van der Waals surface area (Å²) in [6.07, 6.45) is -30.7. The lowest BCUT2D eigenvalue weighted by molar-refractivity contribution is -0.301. The number of alkyl carbamates (subject to hydrolysis) is 1. The van der Waals surface area contributed by atoms with Gasteiger partial charge in [-0.3, -0.25) is 24.0 Å². The summed E-state index contributed by atoms with van der Waals surface area (Å²) in [6, 6.07) is 10.9. The van der Waals surface area contributed by atoms with Gasteiger partial charge < -0.3 is 155 Å². The maximum atomic E-state index is 14.4. The third-order valence-corrected chi connectivity index (χ3v) is 18.9. The highest BCUT2D eigenvalue weighted by atomic mass is 16.7. The number of carbonyl (C=O) groups is 9. The van der Waals surface area contributed by atoms with Gasteiger partial charge in [0.1, 0.15) is 67.3 Å². The molecular formula is C68H97N9O33. The van der Waals surface area contributed by atoms with Crippen LogP contribution in [-0.4, -0.2) is 306 Å². The number of primary amides is 3. The fourth-order valence-electron chi connectivity index (χ4n) is 13.1. The second-order valence-electron chi connectivity index (χ2n) is 26.3. The zero-order valence-electron chi connectivity index (χ0n) is 60.2. The summed E-state index contributed by atoms with van der Waals surface area (Å²) in [5.74, 6) is -3.24. The third kappa shape index (κ3) is 23.1. The Hall–Kier alpha value is -8.51. The van der Waals surface area contributed by atoms with Crippen LogP contribution >= 0.6 is 0 Å². The lowest BCUT2D eigenvalue weighted by atomic mass is 9.82. The van der Waals surface area contributed by atoms with Crippen molar-refractivity contribution >= 4 is 64.7 Å². The molecule has 3 aromatic rings. The van der Waals surface area contributed by atoms with Crippen molar-refractivity contribution in [3.05, 3.63) is 63.4 Å². The highest BCUT2D eigenvalue weighted by molar-refractivity contribution is 5.89. The lowest BCUT2D eigenvalue weighted by Crippen LogP contribution is -2.60. The third-order valence-electron chi connectivity index (χ3n) is 18.9. The van der Waals surface area contributed by atoms with E-state index >= 15 is 0 Å². The largest absolute Gasteiger partial charge is 0.457 e. The van der Waals surface area contributed by atoms with Crippen LogP contribution in [0.2, 0.25) is 0 Å². The van der Waals surface area contributed by atoms with Gasteiger partial charge in [0.2, 0.25) is 23.3 Å². The van der Waals surface area contributed by atoms with Gasteiger partial charge in [0, 0.05) is 80.4 Å². The van der Waals surface area contributed by atoms with Crippen LogP contribution < -0.4 is 44.0 Å². The number of para-hydroxylation sites is 1. The number of ketones is 1. The maximum Gasteiger partial charge on any atom is 0.408 e. The van der Waals surface area contributed by atoms with Gasteiger partial charge in [0.05, 0.1) is 102 Å². The predicted molar refractivity (Wildman–Crippen MR) is 367 cm³/mol. The van der Waals surface area contributed by atoms with Gasteiger partial charge in [-0.05, 0) is 50.3 Å². The Morgan fingerprint density at radius 3 is 1.55 bits per heavy atom. The van der Waals surface area contributed by atoms with Crippen LogP contribution in [0, 0.1) is 0 Å². The summed E-state index contributed by atoms with van der Waals surface area (Å²) < 4.78 is 76.9. The summed E-state index contributed by atoms with van der Waals surface area (Å²) in [6.45, 7) is -2.92. The molecule has 3 saturated heterocycles. The number of hydrogen-bond donors (Lipinski definition) is 16. The molecule has 7 heterocycles. The van der Waals surface area contributed by atoms with Gasteiger partial charge in [-0.1, -0.05) is 25.1 Å². The highest BCUT2D eigenvalue weighted by Crippen LogP contribution is 2.41. The van der Waals surface area contributed by atoms with Gasteiger partial charge in [-0.2, -0.15) is 0 Å². The Bertz CT molecular complexity index is 3500. The quantitative estimate of drug-likeness (QED) is 0.0112. The number of fused-ring (bicyclic) bond motifs is 5. The van der Waals surface area contributed by atoms with Gasteiger partial charge in [-0.15, -0.1) is 0 Å². The van der Waals surface area contributed by atoms with Gasteiger partial charge >= 0.3 is 30.3 Å². The van der Waals surface area contributed by atoms with Crippen molar-refractivity contribution in [2.45, 2.75) is 188 Å². The number of nitrogens with one attached hydrogen (secondary N) is 4. The number of benzene rings is 1. The van der Waals surface area contributed by atoms with Crippen LogP contribution in [0.1, 0.15) is 87.8 Å². The van der Waals surface area contributed by atoms with E-state index in [2.05, 4.69) is 21.3 Å². The Morgan fingerprint density at radius 1 is 0.582 bits per heavy atom. The first-order valence-electron chi connectivity index (χ1n) is 35.7. The minimum atomic E-state index is -2.14. The van der Waals surface area contributed by atoms with Crippen molar-refractivity contribution < 1.29 is 155 Å². The van der Waals surface area contributed by atoms with Crippen molar-refractivity contribution in [2.24, 2.45) is 17.2 Å². The minimum Gasteiger partial charge on any atom is -0.457 e. The van der Waals surface area contributed by atoms with E-state index in [4.69, 9.17) is 88.5 Å². The number of pyridine rings is 2. The second-order valence-corrected chi connectivity index (χ2v) is 26.3. The molecule has 8 rings (SSSR count). The molecule has 612 valence electrons. The normalized spacial score (nSPS) is 26.2. The molecule has 110 heavy (non-hydrogen) atoms. The molecule has 0 spiro atoms. The van der Waals surface area contributed by atoms with E-state index in [1.165, 1.54) is 4.57 Å². The summed E-state index contributed by atoms with van der Waals surface area (Å²) in [5, 5.41) is 104. The molecule has 0 unspecified atom stereocenters. The van der Waals surface area contributed by atoms with Crippen molar-refractivity contribution in [1.29, 1.82) is 0 Å². The number of amides is 7. The number of hydrogen-bond acceptors (Lipinski definition) is 34. The Kier molecular flexibility index (Phi) is 33.0. The van der Waals surface area contributed by atoms with Crippen LogP contribution in [0.25, 0.3) is 22.3 Å². The SMILES string of the molecule is CC[C@@]1(OC(=O)NCCC(=O)NC(CCC(=O)CCCOCCO[C@H]2O[C@H](CO)[C@@H](O)[C@H](OC(N)=O)[C@@H]2O)(CCC(=O)NCCOCCO[C@H]2O[C@H](CO)[C@@H](O)[C@H](OC(N)=O)[C@@H]2O)CCC(=O)NCCOCCO[C@H]2O[C@H](CO)[C@@H](O)[C@H](OC(N)=O)[C@@H]2O)C(=O)OCc2c1cc1n(c2=O)Cc2cc3ccccc3nc2-1. The first kappa shape index (κ1) is 87.1. The minimum absolute atomic E-state index is 0.0120. The summed E-state index contributed by atoms with van der Waals surface area (Å²) in [5.41, 5.74) is 13.5. The van der Waals surface area contributed by atoms with E-state index in [-0.39, 0.29) is 154 Å². The summed E-state index contributed by atoms with van der Waals surface area (Å²) in [4.78, 5) is 137. The molecule has 42 nitrogen and oxygen atoms in total. The average molecular weight is 1570 g/mol. The van der Waals surface area contributed by atoms with Crippen molar-refractivity contribution in [3.63, 3.8) is 0 Å². The highest BCUT2D eigenvalue weighted by Gasteiger charge is 2.53. The van der Waals surface area contributed by atoms with E-state index < -0.39 is 196 Å². The molecule has 16 atom stereocenters. The summed E-state index contributed by atoms with van der Waals surface area (Å²) >= 11 is 0. The molecule has 5 aliphatic rings. The number of nitrogens with two attached hydrogens (primary N) is 3.